The molecule has 0 bridgehead atoms. The van der Waals surface area contributed by atoms with Crippen LogP contribution in [0.25, 0.3) is 0 Å². The Morgan fingerprint density at radius 2 is 1.93 bits per heavy atom. The smallest absolute Gasteiger partial charge is 0.277 e. The van der Waals surface area contributed by atoms with Gasteiger partial charge in [-0.2, -0.15) is 4.98 Å². The molecule has 166 valence electrons. The number of aromatic nitrogens is 2. The molecule has 2 N–H and O–H groups in total. The summed E-state index contributed by atoms with van der Waals surface area (Å²) in [7, 11) is -0.326. The van der Waals surface area contributed by atoms with E-state index in [0.29, 0.717) is 17.5 Å². The molecule has 0 aliphatic carbocycles. The first kappa shape index (κ1) is 23.4. The Bertz CT molecular complexity index is 760. The first-order valence-electron chi connectivity index (χ1n) is 9.15. The van der Waals surface area contributed by atoms with Crippen molar-refractivity contribution in [3.63, 3.8) is 0 Å². The van der Waals surface area contributed by atoms with Gasteiger partial charge in [-0.05, 0) is 7.05 Å². The number of piperazine rings is 1. The maximum absolute atomic E-state index is 12.8. The maximum atomic E-state index is 12.8. The molecule has 9 nitrogen and oxygen atoms in total. The summed E-state index contributed by atoms with van der Waals surface area (Å²) in [6.07, 6.45) is 0.610. The van der Waals surface area contributed by atoms with E-state index in [9.17, 15) is 21.6 Å². The van der Waals surface area contributed by atoms with Crippen LogP contribution >= 0.6 is 0 Å². The molecular formula is C16H27F3N6O3S. The average molecular weight is 440 g/mol. The number of ether oxygens (including phenoxy) is 1. The van der Waals surface area contributed by atoms with Gasteiger partial charge in [-0.15, -0.1) is 0 Å². The van der Waals surface area contributed by atoms with E-state index in [4.69, 9.17) is 4.74 Å². The minimum atomic E-state index is -3.81. The average Bonchev–Trinajstić information content (AvgIpc) is 2.68. The van der Waals surface area contributed by atoms with Crippen LogP contribution in [0.4, 0.5) is 24.9 Å². The number of nitrogens with one attached hydrogen (secondary N) is 2. The van der Waals surface area contributed by atoms with Crippen LogP contribution in [0.3, 0.4) is 0 Å². The molecule has 1 fully saturated rings. The van der Waals surface area contributed by atoms with Crippen LogP contribution in [0.1, 0.15) is 6.42 Å². The van der Waals surface area contributed by atoms with Gasteiger partial charge in [0.2, 0.25) is 16.0 Å². The standard InChI is InChI=1S/C16H27F3N6O3S/c1-24-6-8-25(9-7-24)15-21-11-13(28-2)14(23-15)20-5-10-29(26,27)22-4-3-16(18,19)12-17/h11,22H,3-10,12H2,1-2H3,(H,20,21,23). The van der Waals surface area contributed by atoms with Gasteiger partial charge < -0.3 is 19.9 Å². The molecule has 2 rings (SSSR count). The van der Waals surface area contributed by atoms with Crippen LogP contribution in [0.15, 0.2) is 6.20 Å². The monoisotopic (exact) mass is 440 g/mol. The van der Waals surface area contributed by atoms with Crippen molar-refractivity contribution in [1.29, 1.82) is 0 Å². The molecule has 0 unspecified atom stereocenters. The fourth-order valence-corrected chi connectivity index (χ4v) is 3.56. The molecule has 29 heavy (non-hydrogen) atoms. The molecule has 0 radical (unpaired) electrons. The van der Waals surface area contributed by atoms with Crippen molar-refractivity contribution < 1.29 is 26.3 Å². The van der Waals surface area contributed by atoms with Crippen LogP contribution < -0.4 is 19.7 Å². The van der Waals surface area contributed by atoms with Gasteiger partial charge in [0.15, 0.2) is 18.2 Å². The zero-order valence-electron chi connectivity index (χ0n) is 16.5. The molecular weight excluding hydrogens is 413 g/mol. The fourth-order valence-electron chi connectivity index (χ4n) is 2.63. The lowest BCUT2D eigenvalue weighted by Crippen LogP contribution is -2.45. The number of hydrogen-bond donors (Lipinski definition) is 2. The van der Waals surface area contributed by atoms with Crippen molar-refractivity contribution in [3.8, 4) is 5.75 Å². The second-order valence-corrected chi connectivity index (χ2v) is 8.68. The lowest BCUT2D eigenvalue weighted by molar-refractivity contribution is -0.0283. The van der Waals surface area contributed by atoms with Gasteiger partial charge in [0.25, 0.3) is 5.92 Å². The highest BCUT2D eigenvalue weighted by Gasteiger charge is 2.28. The van der Waals surface area contributed by atoms with Crippen LogP contribution in [-0.2, 0) is 10.0 Å². The summed E-state index contributed by atoms with van der Waals surface area (Å²) in [5.74, 6) is -2.69. The highest BCUT2D eigenvalue weighted by Crippen LogP contribution is 2.23. The summed E-state index contributed by atoms with van der Waals surface area (Å²) >= 11 is 0. The van der Waals surface area contributed by atoms with Crippen LogP contribution in [-0.4, -0.2) is 95.1 Å². The summed E-state index contributed by atoms with van der Waals surface area (Å²) in [4.78, 5) is 12.9. The second-order valence-electron chi connectivity index (χ2n) is 6.76. The molecule has 1 saturated heterocycles. The summed E-state index contributed by atoms with van der Waals surface area (Å²) in [5, 5.41) is 2.89. The van der Waals surface area contributed by atoms with E-state index in [1.54, 1.807) is 0 Å². The summed E-state index contributed by atoms with van der Waals surface area (Å²) in [6, 6.07) is 0. The minimum absolute atomic E-state index is 0.0234. The summed E-state index contributed by atoms with van der Waals surface area (Å²) < 4.78 is 68.9. The fraction of sp³-hybridized carbons (Fsp3) is 0.750. The van der Waals surface area contributed by atoms with Gasteiger partial charge in [-0.25, -0.2) is 31.3 Å². The maximum Gasteiger partial charge on any atom is 0.277 e. The van der Waals surface area contributed by atoms with Gasteiger partial charge in [0, 0.05) is 45.7 Å². The van der Waals surface area contributed by atoms with Crippen molar-refractivity contribution in [3.05, 3.63) is 6.20 Å². The Labute approximate surface area is 168 Å². The molecule has 0 amide bonds. The van der Waals surface area contributed by atoms with E-state index in [1.165, 1.54) is 13.3 Å². The predicted molar refractivity (Wildman–Crippen MR) is 104 cm³/mol. The van der Waals surface area contributed by atoms with Gasteiger partial charge >= 0.3 is 0 Å². The SMILES string of the molecule is COc1cnc(N2CCN(C)CC2)nc1NCCS(=O)(=O)NCCC(F)(F)CF. The van der Waals surface area contributed by atoms with E-state index in [1.807, 2.05) is 16.7 Å². The van der Waals surface area contributed by atoms with Gasteiger partial charge in [0.1, 0.15) is 0 Å². The predicted octanol–water partition coefficient (Wildman–Crippen LogP) is 0.563. The van der Waals surface area contributed by atoms with Gasteiger partial charge in [-0.1, -0.05) is 0 Å². The lowest BCUT2D eigenvalue weighted by atomic mass is 10.3. The number of methoxy groups -OCH3 is 1. The minimum Gasteiger partial charge on any atom is -0.491 e. The number of sulfonamides is 1. The highest BCUT2D eigenvalue weighted by atomic mass is 32.2. The topological polar surface area (TPSA) is 99.7 Å². The van der Waals surface area contributed by atoms with Crippen molar-refractivity contribution >= 4 is 21.8 Å². The molecule has 2 heterocycles. The Balaban J connectivity index is 1.91. The Morgan fingerprint density at radius 3 is 2.55 bits per heavy atom. The molecule has 1 aliphatic rings. The summed E-state index contributed by atoms with van der Waals surface area (Å²) in [6.45, 7) is 0.911. The molecule has 0 atom stereocenters. The molecule has 13 heteroatoms. The lowest BCUT2D eigenvalue weighted by Gasteiger charge is -2.32. The van der Waals surface area contributed by atoms with Crippen LogP contribution in [0.2, 0.25) is 0 Å². The number of likely N-dealkylation sites (N-methyl/N-ethyl adjacent to an activating group) is 1. The zero-order valence-corrected chi connectivity index (χ0v) is 17.3. The summed E-state index contributed by atoms with van der Waals surface area (Å²) in [5.41, 5.74) is 0. The highest BCUT2D eigenvalue weighted by molar-refractivity contribution is 7.89. The van der Waals surface area contributed by atoms with Gasteiger partial charge in [-0.3, -0.25) is 0 Å². The zero-order chi connectivity index (χ0) is 21.5. The van der Waals surface area contributed by atoms with Crippen molar-refractivity contribution in [2.24, 2.45) is 0 Å². The molecule has 1 aromatic heterocycles. The molecule has 1 aliphatic heterocycles. The second kappa shape index (κ2) is 10.3. The Morgan fingerprint density at radius 1 is 1.24 bits per heavy atom. The molecule has 0 saturated carbocycles. The van der Waals surface area contributed by atoms with E-state index in [2.05, 4.69) is 20.2 Å². The normalized spacial score (nSPS) is 16.1. The number of rotatable bonds is 11. The van der Waals surface area contributed by atoms with E-state index in [-0.39, 0.29) is 12.3 Å². The first-order chi connectivity index (χ1) is 13.7. The first-order valence-corrected chi connectivity index (χ1v) is 10.8. The van der Waals surface area contributed by atoms with E-state index < -0.39 is 35.6 Å². The Kier molecular flexibility index (Phi) is 8.28. The van der Waals surface area contributed by atoms with Crippen molar-refractivity contribution in [2.75, 3.05) is 76.1 Å². The van der Waals surface area contributed by atoms with Gasteiger partial charge in [0.05, 0.1) is 19.1 Å². The largest absolute Gasteiger partial charge is 0.491 e. The van der Waals surface area contributed by atoms with Crippen molar-refractivity contribution in [1.82, 2.24) is 19.6 Å². The van der Waals surface area contributed by atoms with Crippen LogP contribution in [0.5, 0.6) is 5.75 Å². The Hall–Kier alpha value is -1.86. The number of halogens is 3. The molecule has 0 aromatic carbocycles. The number of anilines is 2. The van der Waals surface area contributed by atoms with E-state index in [0.717, 1.165) is 26.2 Å². The van der Waals surface area contributed by atoms with Crippen LogP contribution in [0, 0.1) is 0 Å². The molecule has 0 spiro atoms. The number of nitrogens with zero attached hydrogens (tertiary/aromatic N) is 4. The quantitative estimate of drug-likeness (QED) is 0.515. The van der Waals surface area contributed by atoms with Crippen molar-refractivity contribution in [2.45, 2.75) is 12.3 Å². The third-order valence-corrected chi connectivity index (χ3v) is 5.81. The molecule has 1 aromatic rings. The van der Waals surface area contributed by atoms with E-state index >= 15 is 0 Å². The number of hydrogen-bond acceptors (Lipinski definition) is 8. The third-order valence-electron chi connectivity index (χ3n) is 4.42. The third kappa shape index (κ3) is 7.48. The number of alkyl halides is 3.